The van der Waals surface area contributed by atoms with Gasteiger partial charge in [0.2, 0.25) is 0 Å². The summed E-state index contributed by atoms with van der Waals surface area (Å²) >= 11 is 0. The molecule has 0 aromatic carbocycles. The molecule has 0 radical (unpaired) electrons. The van der Waals surface area contributed by atoms with E-state index < -0.39 is 11.7 Å². The molecule has 2 heterocycles. The van der Waals surface area contributed by atoms with E-state index >= 15 is 0 Å². The van der Waals surface area contributed by atoms with Crippen LogP contribution < -0.4 is 5.73 Å². The van der Waals surface area contributed by atoms with Gasteiger partial charge in [-0.2, -0.15) is 18.3 Å². The van der Waals surface area contributed by atoms with E-state index in [1.165, 1.54) is 10.9 Å². The summed E-state index contributed by atoms with van der Waals surface area (Å²) in [5, 5.41) is 3.65. The Kier molecular flexibility index (Phi) is 2.93. The van der Waals surface area contributed by atoms with Gasteiger partial charge >= 0.3 is 6.18 Å². The maximum Gasteiger partial charge on any atom is 0.419 e. The lowest BCUT2D eigenvalue weighted by Crippen LogP contribution is -2.05. The van der Waals surface area contributed by atoms with Crippen molar-refractivity contribution in [1.82, 2.24) is 9.78 Å². The predicted molar refractivity (Wildman–Crippen MR) is 52.9 cm³/mol. The van der Waals surface area contributed by atoms with Crippen molar-refractivity contribution in [2.24, 2.45) is 5.73 Å². The summed E-state index contributed by atoms with van der Waals surface area (Å²) in [5.74, 6) is 0.550. The Morgan fingerprint density at radius 1 is 1.41 bits per heavy atom. The fourth-order valence-corrected chi connectivity index (χ4v) is 1.46. The van der Waals surface area contributed by atoms with Crippen LogP contribution in [0.2, 0.25) is 0 Å². The van der Waals surface area contributed by atoms with E-state index in [0.29, 0.717) is 5.76 Å². The van der Waals surface area contributed by atoms with Gasteiger partial charge in [0, 0.05) is 11.8 Å². The van der Waals surface area contributed by atoms with Gasteiger partial charge in [-0.05, 0) is 6.07 Å². The van der Waals surface area contributed by atoms with Crippen LogP contribution in [0.25, 0.3) is 0 Å². The van der Waals surface area contributed by atoms with Crippen LogP contribution >= 0.6 is 0 Å². The van der Waals surface area contributed by atoms with Gasteiger partial charge in [0.05, 0.1) is 31.1 Å². The molecule has 0 spiro atoms. The summed E-state index contributed by atoms with van der Waals surface area (Å²) in [6, 6.07) is 1.66. The third-order valence-corrected chi connectivity index (χ3v) is 2.32. The Labute approximate surface area is 94.8 Å². The molecule has 0 amide bonds. The lowest BCUT2D eigenvalue weighted by atomic mass is 10.2. The highest BCUT2D eigenvalue weighted by atomic mass is 19.4. The molecular formula is C10H10F3N3O. The van der Waals surface area contributed by atoms with Crippen LogP contribution in [0.15, 0.2) is 29.1 Å². The van der Waals surface area contributed by atoms with Gasteiger partial charge in [-0.3, -0.25) is 4.68 Å². The molecule has 0 saturated heterocycles. The molecule has 17 heavy (non-hydrogen) atoms. The largest absolute Gasteiger partial charge is 0.468 e. The third-order valence-electron chi connectivity index (χ3n) is 2.32. The van der Waals surface area contributed by atoms with Gasteiger partial charge in [-0.15, -0.1) is 0 Å². The van der Waals surface area contributed by atoms with Gasteiger partial charge in [0.25, 0.3) is 0 Å². The molecule has 2 rings (SSSR count). The first-order valence-corrected chi connectivity index (χ1v) is 4.85. The SMILES string of the molecule is NCc1occc1Cn1cc(C(F)(F)F)cn1. The van der Waals surface area contributed by atoms with Crippen LogP contribution in [0.3, 0.4) is 0 Å². The molecule has 0 bridgehead atoms. The molecular weight excluding hydrogens is 235 g/mol. The summed E-state index contributed by atoms with van der Waals surface area (Å²) in [7, 11) is 0. The van der Waals surface area contributed by atoms with Crippen molar-refractivity contribution in [2.45, 2.75) is 19.3 Å². The Morgan fingerprint density at radius 2 is 2.18 bits per heavy atom. The highest BCUT2D eigenvalue weighted by Crippen LogP contribution is 2.28. The number of halogens is 3. The number of hydrogen-bond acceptors (Lipinski definition) is 3. The molecule has 2 N–H and O–H groups in total. The Balaban J connectivity index is 2.17. The quantitative estimate of drug-likeness (QED) is 0.899. The number of hydrogen-bond donors (Lipinski definition) is 1. The second-order valence-corrected chi connectivity index (χ2v) is 3.50. The monoisotopic (exact) mass is 245 g/mol. The average Bonchev–Trinajstić information content (AvgIpc) is 2.86. The number of alkyl halides is 3. The molecule has 7 heteroatoms. The summed E-state index contributed by atoms with van der Waals surface area (Å²) < 4.78 is 43.3. The van der Waals surface area contributed by atoms with Gasteiger partial charge < -0.3 is 10.2 Å². The van der Waals surface area contributed by atoms with E-state index in [9.17, 15) is 13.2 Å². The molecule has 0 unspecified atom stereocenters. The number of furan rings is 1. The Bertz CT molecular complexity index is 501. The van der Waals surface area contributed by atoms with E-state index in [2.05, 4.69) is 5.10 Å². The summed E-state index contributed by atoms with van der Waals surface area (Å²) in [5.41, 5.74) is 5.38. The summed E-state index contributed by atoms with van der Waals surface area (Å²) in [6.07, 6.45) is -1.17. The van der Waals surface area contributed by atoms with Gasteiger partial charge in [0.15, 0.2) is 0 Å². The number of nitrogens with two attached hydrogens (primary N) is 1. The van der Waals surface area contributed by atoms with Crippen molar-refractivity contribution in [3.8, 4) is 0 Å². The highest BCUT2D eigenvalue weighted by molar-refractivity contribution is 5.18. The maximum atomic E-state index is 12.3. The first kappa shape index (κ1) is 11.7. The van der Waals surface area contributed by atoms with Crippen molar-refractivity contribution in [3.05, 3.63) is 41.6 Å². The van der Waals surface area contributed by atoms with Gasteiger partial charge in [-0.1, -0.05) is 0 Å². The maximum absolute atomic E-state index is 12.3. The first-order chi connectivity index (χ1) is 8.00. The topological polar surface area (TPSA) is 57.0 Å². The van der Waals surface area contributed by atoms with Crippen molar-refractivity contribution < 1.29 is 17.6 Å². The second-order valence-electron chi connectivity index (χ2n) is 3.50. The van der Waals surface area contributed by atoms with Crippen LogP contribution in [0.5, 0.6) is 0 Å². The minimum atomic E-state index is -4.37. The molecule has 0 fully saturated rings. The van der Waals surface area contributed by atoms with Gasteiger partial charge in [0.1, 0.15) is 5.76 Å². The first-order valence-electron chi connectivity index (χ1n) is 4.85. The molecule has 2 aromatic heterocycles. The summed E-state index contributed by atoms with van der Waals surface area (Å²) in [4.78, 5) is 0. The fourth-order valence-electron chi connectivity index (χ4n) is 1.46. The Hall–Kier alpha value is -1.76. The third kappa shape index (κ3) is 2.50. The van der Waals surface area contributed by atoms with E-state index in [4.69, 9.17) is 10.2 Å². The molecule has 4 nitrogen and oxygen atoms in total. The summed E-state index contributed by atoms with van der Waals surface area (Å²) in [6.45, 7) is 0.412. The lowest BCUT2D eigenvalue weighted by molar-refractivity contribution is -0.137. The average molecular weight is 245 g/mol. The highest BCUT2D eigenvalue weighted by Gasteiger charge is 2.32. The molecule has 0 atom stereocenters. The minimum absolute atomic E-state index is 0.204. The van der Waals surface area contributed by atoms with Crippen LogP contribution in [-0.4, -0.2) is 9.78 Å². The van der Waals surface area contributed by atoms with Crippen molar-refractivity contribution in [3.63, 3.8) is 0 Å². The van der Waals surface area contributed by atoms with E-state index in [0.717, 1.165) is 18.0 Å². The molecule has 0 aliphatic carbocycles. The zero-order chi connectivity index (χ0) is 12.5. The molecule has 0 saturated carbocycles. The zero-order valence-corrected chi connectivity index (χ0v) is 8.74. The van der Waals surface area contributed by atoms with Crippen LogP contribution in [0, 0.1) is 0 Å². The van der Waals surface area contributed by atoms with Crippen molar-refractivity contribution >= 4 is 0 Å². The minimum Gasteiger partial charge on any atom is -0.468 e. The van der Waals surface area contributed by atoms with E-state index in [-0.39, 0.29) is 13.1 Å². The number of rotatable bonds is 3. The van der Waals surface area contributed by atoms with E-state index in [1.54, 1.807) is 6.07 Å². The molecule has 2 aromatic rings. The van der Waals surface area contributed by atoms with Crippen LogP contribution in [0.4, 0.5) is 13.2 Å². The Morgan fingerprint density at radius 3 is 2.76 bits per heavy atom. The predicted octanol–water partition coefficient (Wildman–Crippen LogP) is 2.00. The number of aromatic nitrogens is 2. The lowest BCUT2D eigenvalue weighted by Gasteiger charge is -2.02. The van der Waals surface area contributed by atoms with E-state index in [1.807, 2.05) is 0 Å². The normalized spacial score (nSPS) is 12.0. The number of nitrogens with zero attached hydrogens (tertiary/aromatic N) is 2. The smallest absolute Gasteiger partial charge is 0.419 e. The fraction of sp³-hybridized carbons (Fsp3) is 0.300. The van der Waals surface area contributed by atoms with Crippen molar-refractivity contribution in [2.75, 3.05) is 0 Å². The molecule has 92 valence electrons. The standard InChI is InChI=1S/C10H10F3N3O/c11-10(12,13)8-4-15-16(6-8)5-7-1-2-17-9(7)3-14/h1-2,4,6H,3,5,14H2. The molecule has 0 aliphatic heterocycles. The van der Waals surface area contributed by atoms with Crippen LogP contribution in [-0.2, 0) is 19.3 Å². The van der Waals surface area contributed by atoms with Crippen molar-refractivity contribution in [1.29, 1.82) is 0 Å². The second kappa shape index (κ2) is 4.25. The molecule has 0 aliphatic rings. The zero-order valence-electron chi connectivity index (χ0n) is 8.74. The van der Waals surface area contributed by atoms with Crippen LogP contribution in [0.1, 0.15) is 16.9 Å². The van der Waals surface area contributed by atoms with Gasteiger partial charge in [-0.25, -0.2) is 0 Å².